The Balaban J connectivity index is 1.94. The number of quaternary nitrogens is 1. The monoisotopic (exact) mass is 365 g/mol. The lowest BCUT2D eigenvalue weighted by Crippen LogP contribution is -3.14. The van der Waals surface area contributed by atoms with E-state index in [4.69, 9.17) is 5.26 Å². The van der Waals surface area contributed by atoms with Gasteiger partial charge in [-0.05, 0) is 56.2 Å². The molecule has 0 radical (unpaired) electrons. The molecule has 2 rings (SSSR count). The van der Waals surface area contributed by atoms with Gasteiger partial charge in [-0.1, -0.05) is 18.2 Å². The second-order valence-electron chi connectivity index (χ2n) is 6.79. The van der Waals surface area contributed by atoms with Crippen LogP contribution in [0.15, 0.2) is 42.5 Å². The summed E-state index contributed by atoms with van der Waals surface area (Å²) in [5, 5.41) is 14.6. The average Bonchev–Trinajstić information content (AvgIpc) is 2.64. The molecule has 6 nitrogen and oxygen atoms in total. The molecule has 0 bridgehead atoms. The SMILES string of the molecule is Cc1ccc(C)c(NC(=O)C[NH+](C)[C@@H](C)C(=O)Nc2cccc(C#N)c2)c1. The van der Waals surface area contributed by atoms with E-state index in [2.05, 4.69) is 10.6 Å². The Bertz CT molecular complexity index is 886. The van der Waals surface area contributed by atoms with Crippen molar-refractivity contribution >= 4 is 23.2 Å². The van der Waals surface area contributed by atoms with Crippen LogP contribution in [-0.4, -0.2) is 31.4 Å². The lowest BCUT2D eigenvalue weighted by molar-refractivity contribution is -0.885. The minimum atomic E-state index is -0.430. The van der Waals surface area contributed by atoms with Gasteiger partial charge < -0.3 is 15.5 Å². The maximum absolute atomic E-state index is 12.4. The molecule has 2 amide bonds. The Kier molecular flexibility index (Phi) is 6.69. The number of amides is 2. The number of nitriles is 1. The highest BCUT2D eigenvalue weighted by atomic mass is 16.2. The van der Waals surface area contributed by atoms with Crippen LogP contribution < -0.4 is 15.5 Å². The van der Waals surface area contributed by atoms with Crippen LogP contribution in [-0.2, 0) is 9.59 Å². The van der Waals surface area contributed by atoms with Crippen molar-refractivity contribution in [2.75, 3.05) is 24.2 Å². The van der Waals surface area contributed by atoms with E-state index >= 15 is 0 Å². The average molecular weight is 365 g/mol. The summed E-state index contributed by atoms with van der Waals surface area (Å²) in [6, 6.07) is 14.2. The molecule has 27 heavy (non-hydrogen) atoms. The number of aryl methyl sites for hydroxylation is 2. The molecule has 0 spiro atoms. The van der Waals surface area contributed by atoms with E-state index in [-0.39, 0.29) is 18.4 Å². The van der Waals surface area contributed by atoms with Gasteiger partial charge in [0.15, 0.2) is 12.6 Å². The Morgan fingerprint density at radius 1 is 1.15 bits per heavy atom. The second kappa shape index (κ2) is 8.97. The van der Waals surface area contributed by atoms with Gasteiger partial charge in [0, 0.05) is 11.4 Å². The van der Waals surface area contributed by atoms with E-state index in [1.54, 1.807) is 38.2 Å². The third-order valence-electron chi connectivity index (χ3n) is 4.50. The summed E-state index contributed by atoms with van der Waals surface area (Å²) in [5.74, 6) is -0.352. The van der Waals surface area contributed by atoms with Crippen LogP contribution in [0.5, 0.6) is 0 Å². The van der Waals surface area contributed by atoms with Gasteiger partial charge in [-0.15, -0.1) is 0 Å². The zero-order valence-electron chi connectivity index (χ0n) is 16.1. The Morgan fingerprint density at radius 3 is 2.59 bits per heavy atom. The molecule has 2 aromatic carbocycles. The number of nitrogens with zero attached hydrogens (tertiary/aromatic N) is 1. The molecule has 0 aromatic heterocycles. The van der Waals surface area contributed by atoms with Gasteiger partial charge in [0.2, 0.25) is 0 Å². The van der Waals surface area contributed by atoms with Gasteiger partial charge in [-0.25, -0.2) is 0 Å². The van der Waals surface area contributed by atoms with E-state index in [1.807, 2.05) is 38.1 Å². The molecule has 140 valence electrons. The van der Waals surface area contributed by atoms with Gasteiger partial charge in [0.05, 0.1) is 18.7 Å². The third kappa shape index (κ3) is 5.66. The third-order valence-corrected chi connectivity index (χ3v) is 4.50. The van der Waals surface area contributed by atoms with E-state index < -0.39 is 6.04 Å². The number of hydrogen-bond donors (Lipinski definition) is 3. The summed E-state index contributed by atoms with van der Waals surface area (Å²) in [5.41, 5.74) is 3.91. The largest absolute Gasteiger partial charge is 0.321 e. The lowest BCUT2D eigenvalue weighted by Gasteiger charge is -2.21. The molecular weight excluding hydrogens is 340 g/mol. The number of hydrogen-bond acceptors (Lipinski definition) is 3. The number of benzene rings is 2. The summed E-state index contributed by atoms with van der Waals surface area (Å²) < 4.78 is 0. The van der Waals surface area contributed by atoms with Crippen molar-refractivity contribution in [2.45, 2.75) is 26.8 Å². The molecule has 0 aliphatic heterocycles. The van der Waals surface area contributed by atoms with Crippen molar-refractivity contribution in [1.29, 1.82) is 5.26 Å². The topological polar surface area (TPSA) is 86.4 Å². The summed E-state index contributed by atoms with van der Waals surface area (Å²) in [7, 11) is 1.80. The predicted molar refractivity (Wildman–Crippen MR) is 106 cm³/mol. The van der Waals surface area contributed by atoms with Crippen LogP contribution >= 0.6 is 0 Å². The maximum Gasteiger partial charge on any atom is 0.282 e. The molecule has 0 aliphatic rings. The molecule has 2 aromatic rings. The number of rotatable bonds is 6. The molecule has 0 saturated heterocycles. The van der Waals surface area contributed by atoms with E-state index in [0.29, 0.717) is 11.3 Å². The number of anilines is 2. The molecule has 0 heterocycles. The predicted octanol–water partition coefficient (Wildman–Crippen LogP) is 1.66. The van der Waals surface area contributed by atoms with Crippen molar-refractivity contribution < 1.29 is 14.5 Å². The van der Waals surface area contributed by atoms with Gasteiger partial charge in [-0.2, -0.15) is 5.26 Å². The summed E-state index contributed by atoms with van der Waals surface area (Å²) in [4.78, 5) is 25.6. The fourth-order valence-electron chi connectivity index (χ4n) is 2.61. The van der Waals surface area contributed by atoms with Crippen molar-refractivity contribution in [2.24, 2.45) is 0 Å². The fraction of sp³-hybridized carbons (Fsp3) is 0.286. The van der Waals surface area contributed by atoms with E-state index in [0.717, 1.165) is 21.7 Å². The fourth-order valence-corrected chi connectivity index (χ4v) is 2.61. The molecule has 2 atom stereocenters. The normalized spacial score (nSPS) is 12.6. The van der Waals surface area contributed by atoms with Crippen molar-refractivity contribution in [3.63, 3.8) is 0 Å². The van der Waals surface area contributed by atoms with Gasteiger partial charge in [0.1, 0.15) is 0 Å². The number of carbonyl (C=O) groups excluding carboxylic acids is 2. The van der Waals surface area contributed by atoms with E-state index in [1.165, 1.54) is 0 Å². The Hall–Kier alpha value is -3.17. The van der Waals surface area contributed by atoms with Crippen molar-refractivity contribution in [3.8, 4) is 6.07 Å². The summed E-state index contributed by atoms with van der Waals surface area (Å²) >= 11 is 0. The van der Waals surface area contributed by atoms with Crippen molar-refractivity contribution in [3.05, 3.63) is 59.2 Å². The minimum Gasteiger partial charge on any atom is -0.321 e. The highest BCUT2D eigenvalue weighted by Gasteiger charge is 2.24. The molecule has 6 heteroatoms. The minimum absolute atomic E-state index is 0.146. The molecule has 0 aliphatic carbocycles. The standard InChI is InChI=1S/C21H24N4O2/c1-14-8-9-15(2)19(10-14)24-20(26)13-25(4)16(3)21(27)23-18-7-5-6-17(11-18)12-22/h5-11,16H,13H2,1-4H3,(H,23,27)(H,24,26)/p+1/t16-/m0/s1. The van der Waals surface area contributed by atoms with Crippen LogP contribution in [0, 0.1) is 25.2 Å². The van der Waals surface area contributed by atoms with Crippen LogP contribution in [0.1, 0.15) is 23.6 Å². The maximum atomic E-state index is 12.4. The molecular formula is C21H25N4O2+. The van der Waals surface area contributed by atoms with E-state index in [9.17, 15) is 9.59 Å². The summed E-state index contributed by atoms with van der Waals surface area (Å²) in [6.45, 7) is 5.85. The zero-order valence-corrected chi connectivity index (χ0v) is 16.1. The Labute approximate surface area is 159 Å². The van der Waals surface area contributed by atoms with Crippen LogP contribution in [0.2, 0.25) is 0 Å². The van der Waals surface area contributed by atoms with Crippen LogP contribution in [0.3, 0.4) is 0 Å². The molecule has 1 unspecified atom stereocenters. The first-order valence-corrected chi connectivity index (χ1v) is 8.80. The number of likely N-dealkylation sites (N-methyl/N-ethyl adjacent to an activating group) is 1. The highest BCUT2D eigenvalue weighted by Crippen LogP contribution is 2.15. The first-order valence-electron chi connectivity index (χ1n) is 8.80. The van der Waals surface area contributed by atoms with Gasteiger partial charge in [0.25, 0.3) is 11.8 Å². The quantitative estimate of drug-likeness (QED) is 0.728. The lowest BCUT2D eigenvalue weighted by atomic mass is 10.1. The van der Waals surface area contributed by atoms with Gasteiger partial charge in [-0.3, -0.25) is 9.59 Å². The second-order valence-corrected chi connectivity index (χ2v) is 6.79. The molecule has 0 saturated carbocycles. The zero-order chi connectivity index (χ0) is 20.0. The van der Waals surface area contributed by atoms with Crippen LogP contribution in [0.4, 0.5) is 11.4 Å². The number of carbonyl (C=O) groups is 2. The number of nitrogens with one attached hydrogen (secondary N) is 3. The van der Waals surface area contributed by atoms with Crippen LogP contribution in [0.25, 0.3) is 0 Å². The molecule has 0 fully saturated rings. The summed E-state index contributed by atoms with van der Waals surface area (Å²) in [6.07, 6.45) is 0. The smallest absolute Gasteiger partial charge is 0.282 e. The Morgan fingerprint density at radius 2 is 1.89 bits per heavy atom. The first-order chi connectivity index (χ1) is 12.8. The van der Waals surface area contributed by atoms with Gasteiger partial charge >= 0.3 is 0 Å². The van der Waals surface area contributed by atoms with Crippen molar-refractivity contribution in [1.82, 2.24) is 0 Å². The first kappa shape index (κ1) is 20.1. The molecule has 3 N–H and O–H groups in total. The highest BCUT2D eigenvalue weighted by molar-refractivity contribution is 5.95.